The summed E-state index contributed by atoms with van der Waals surface area (Å²) in [5.74, 6) is -0.247. The van der Waals surface area contributed by atoms with E-state index in [1.807, 2.05) is 24.3 Å². The summed E-state index contributed by atoms with van der Waals surface area (Å²) in [6, 6.07) is 13.1. The van der Waals surface area contributed by atoms with Gasteiger partial charge >= 0.3 is 0 Å². The van der Waals surface area contributed by atoms with Crippen LogP contribution in [0.4, 0.5) is 5.69 Å². The molecule has 1 fully saturated rings. The maximum Gasteiger partial charge on any atom is 0.246 e. The van der Waals surface area contributed by atoms with Crippen molar-refractivity contribution in [1.29, 1.82) is 0 Å². The molecule has 2 aliphatic rings. The van der Waals surface area contributed by atoms with Gasteiger partial charge in [-0.1, -0.05) is 30.3 Å². The van der Waals surface area contributed by atoms with E-state index in [1.165, 1.54) is 6.07 Å². The normalized spacial score (nSPS) is 20.0. The second-order valence-electron chi connectivity index (χ2n) is 8.90. The van der Waals surface area contributed by atoms with Gasteiger partial charge in [-0.25, -0.2) is 0 Å². The summed E-state index contributed by atoms with van der Waals surface area (Å²) in [6.07, 6.45) is 2.59. The van der Waals surface area contributed by atoms with Crippen molar-refractivity contribution in [3.05, 3.63) is 70.6 Å². The second-order valence-corrected chi connectivity index (χ2v) is 8.90. The number of benzene rings is 2. The van der Waals surface area contributed by atoms with E-state index in [0.717, 1.165) is 35.0 Å². The predicted molar refractivity (Wildman–Crippen MR) is 126 cm³/mol. The number of nitrogens with zero attached hydrogens (tertiary/aromatic N) is 3. The second kappa shape index (κ2) is 9.09. The van der Waals surface area contributed by atoms with E-state index in [9.17, 15) is 20.0 Å². The first kappa shape index (κ1) is 22.4. The number of aliphatic hydroxyl groups excluding tert-OH is 1. The van der Waals surface area contributed by atoms with Crippen LogP contribution in [0.1, 0.15) is 42.1 Å². The number of hydrogen-bond donors (Lipinski definition) is 3. The van der Waals surface area contributed by atoms with Crippen molar-refractivity contribution in [3.63, 3.8) is 0 Å². The first-order chi connectivity index (χ1) is 16.5. The lowest BCUT2D eigenvalue weighted by Gasteiger charge is -2.47. The number of hydrogen-bond acceptors (Lipinski definition) is 6. The Hall–Kier alpha value is -3.40. The Morgan fingerprint density at radius 1 is 1.09 bits per heavy atom. The largest absolute Gasteiger partial charge is 0.733 e. The number of piperazine rings is 1. The lowest BCUT2D eigenvalue weighted by molar-refractivity contribution is -0.158. The van der Waals surface area contributed by atoms with Crippen molar-refractivity contribution in [2.45, 2.75) is 37.8 Å². The van der Waals surface area contributed by atoms with Crippen LogP contribution in [0, 0.1) is 5.21 Å². The monoisotopic (exact) mass is 463 g/mol. The maximum atomic E-state index is 13.6. The molecule has 9 nitrogen and oxygen atoms in total. The van der Waals surface area contributed by atoms with Gasteiger partial charge in [-0.15, -0.1) is 0 Å². The van der Waals surface area contributed by atoms with Crippen LogP contribution < -0.4 is 5.23 Å². The molecular weight excluding hydrogens is 436 g/mol. The number of rotatable bonds is 7. The number of fused-ring (bicyclic) bond motifs is 4. The summed E-state index contributed by atoms with van der Waals surface area (Å²) in [7, 11) is 0. The maximum absolute atomic E-state index is 13.6. The number of carbonyl (C=O) groups excluding carboxylic acids is 2. The van der Waals surface area contributed by atoms with Crippen LogP contribution in [-0.4, -0.2) is 62.7 Å². The summed E-state index contributed by atoms with van der Waals surface area (Å²) in [5.41, 5.74) is 3.42. The highest BCUT2D eigenvalue weighted by Gasteiger charge is 2.48. The first-order valence-electron chi connectivity index (χ1n) is 11.6. The van der Waals surface area contributed by atoms with Crippen molar-refractivity contribution in [3.8, 4) is 0 Å². The highest BCUT2D eigenvalue weighted by atomic mass is 16.8. The number of carbonyl (C=O) groups is 2. The number of aromatic nitrogens is 1. The molecule has 9 heteroatoms. The standard InChI is InChI=1S/C25H27N4O5/c30-12-5-1-4-11-27-15-22(31)28-21(25(27)32)14-19-18-9-2-3-10-20(18)26-23(19)24(28)16-7-6-8-17(13-16)29(33)34/h2-3,6-10,13,21,24,26,30,33H,1,4-5,11-12,14-15H2/q-1/t21-,24?/m0/s1. The number of H-pyrrole nitrogens is 1. The van der Waals surface area contributed by atoms with E-state index in [-0.39, 0.29) is 35.9 Å². The molecule has 3 heterocycles. The molecule has 1 unspecified atom stereocenters. The van der Waals surface area contributed by atoms with Gasteiger partial charge in [0.05, 0.1) is 18.3 Å². The molecule has 3 N–H and O–H groups in total. The number of anilines is 1. The van der Waals surface area contributed by atoms with Crippen LogP contribution in [0.2, 0.25) is 0 Å². The minimum absolute atomic E-state index is 0.00606. The fourth-order valence-electron chi connectivity index (χ4n) is 5.26. The zero-order valence-electron chi connectivity index (χ0n) is 18.7. The number of para-hydroxylation sites is 1. The Bertz CT molecular complexity index is 1220. The van der Waals surface area contributed by atoms with E-state index in [0.29, 0.717) is 24.9 Å². The summed E-state index contributed by atoms with van der Waals surface area (Å²) >= 11 is 0. The van der Waals surface area contributed by atoms with Crippen LogP contribution >= 0.6 is 0 Å². The van der Waals surface area contributed by atoms with Gasteiger partial charge in [0.1, 0.15) is 6.04 Å². The van der Waals surface area contributed by atoms with E-state index >= 15 is 0 Å². The Kier molecular flexibility index (Phi) is 5.99. The highest BCUT2D eigenvalue weighted by Crippen LogP contribution is 2.43. The van der Waals surface area contributed by atoms with Crippen LogP contribution in [0.25, 0.3) is 10.9 Å². The van der Waals surface area contributed by atoms with E-state index in [1.54, 1.807) is 28.0 Å². The highest BCUT2D eigenvalue weighted by molar-refractivity contribution is 5.97. The molecule has 1 aromatic heterocycles. The fourth-order valence-corrected chi connectivity index (χ4v) is 5.26. The van der Waals surface area contributed by atoms with Gasteiger partial charge in [0.2, 0.25) is 11.8 Å². The van der Waals surface area contributed by atoms with Crippen LogP contribution in [0.5, 0.6) is 0 Å². The molecule has 2 atom stereocenters. The van der Waals surface area contributed by atoms with Gasteiger partial charge < -0.3 is 30.3 Å². The molecule has 178 valence electrons. The van der Waals surface area contributed by atoms with E-state index < -0.39 is 12.1 Å². The molecule has 1 saturated heterocycles. The average Bonchev–Trinajstić information content (AvgIpc) is 3.22. The Morgan fingerprint density at radius 2 is 1.91 bits per heavy atom. The number of nitrogens with one attached hydrogen (secondary N) is 1. The van der Waals surface area contributed by atoms with Crippen LogP contribution in [-0.2, 0) is 16.0 Å². The summed E-state index contributed by atoms with van der Waals surface area (Å²) in [4.78, 5) is 33.7. The van der Waals surface area contributed by atoms with Crippen molar-refractivity contribution >= 4 is 28.4 Å². The predicted octanol–water partition coefficient (Wildman–Crippen LogP) is 2.71. The van der Waals surface area contributed by atoms with Gasteiger partial charge in [0.25, 0.3) is 0 Å². The van der Waals surface area contributed by atoms with Crippen LogP contribution in [0.15, 0.2) is 48.5 Å². The van der Waals surface area contributed by atoms with Gasteiger partial charge in [-0.2, -0.15) is 0 Å². The van der Waals surface area contributed by atoms with E-state index in [2.05, 4.69) is 4.98 Å². The third kappa shape index (κ3) is 3.81. The Labute approximate surface area is 196 Å². The summed E-state index contributed by atoms with van der Waals surface area (Å²) in [5, 5.41) is 30.8. The number of aliphatic hydroxyl groups is 1. The summed E-state index contributed by atoms with van der Waals surface area (Å²) < 4.78 is 0. The van der Waals surface area contributed by atoms with Crippen molar-refractivity contribution in [2.75, 3.05) is 24.9 Å². The Balaban J connectivity index is 1.58. The fraction of sp³-hybridized carbons (Fsp3) is 0.360. The van der Waals surface area contributed by atoms with Gasteiger partial charge in [0, 0.05) is 36.2 Å². The molecule has 2 aromatic carbocycles. The lowest BCUT2D eigenvalue weighted by atomic mass is 9.86. The zero-order valence-corrected chi connectivity index (χ0v) is 18.7. The van der Waals surface area contributed by atoms with Gasteiger partial charge in [-0.05, 0) is 48.6 Å². The van der Waals surface area contributed by atoms with E-state index in [4.69, 9.17) is 5.11 Å². The van der Waals surface area contributed by atoms with Crippen molar-refractivity contribution in [1.82, 2.24) is 14.8 Å². The minimum Gasteiger partial charge on any atom is -0.733 e. The molecule has 5 rings (SSSR count). The molecule has 3 aromatic rings. The molecule has 34 heavy (non-hydrogen) atoms. The SMILES string of the molecule is O=C1[C@@H]2Cc3c([nH]c4ccccc34)C(c3cccc(N([O-])O)c3)N2C(=O)CN1CCCCCO. The smallest absolute Gasteiger partial charge is 0.246 e. The molecule has 0 radical (unpaired) electrons. The molecule has 0 spiro atoms. The summed E-state index contributed by atoms with van der Waals surface area (Å²) in [6.45, 7) is 0.585. The van der Waals surface area contributed by atoms with Gasteiger partial charge in [-0.3, -0.25) is 14.8 Å². The molecule has 0 bridgehead atoms. The lowest BCUT2D eigenvalue weighted by Crippen LogP contribution is -2.63. The third-order valence-corrected chi connectivity index (χ3v) is 6.84. The third-order valence-electron chi connectivity index (χ3n) is 6.84. The number of unbranched alkanes of at least 4 members (excludes halogenated alkanes) is 2. The quantitative estimate of drug-likeness (QED) is 0.366. The topological polar surface area (TPSA) is 123 Å². The van der Waals surface area contributed by atoms with Crippen molar-refractivity contribution in [2.24, 2.45) is 0 Å². The Morgan fingerprint density at radius 3 is 2.71 bits per heavy atom. The van der Waals surface area contributed by atoms with Crippen LogP contribution in [0.3, 0.4) is 0 Å². The number of amides is 2. The minimum atomic E-state index is -0.656. The molecule has 2 aliphatic heterocycles. The number of aromatic amines is 1. The molecular formula is C25H27N4O5-. The molecule has 2 amide bonds. The van der Waals surface area contributed by atoms with Gasteiger partial charge in [0.15, 0.2) is 0 Å². The first-order valence-corrected chi connectivity index (χ1v) is 11.6. The molecule has 0 aliphatic carbocycles. The molecule has 0 saturated carbocycles. The average molecular weight is 464 g/mol. The zero-order chi connectivity index (χ0) is 23.8. The van der Waals surface area contributed by atoms with Crippen molar-refractivity contribution < 1.29 is 19.9 Å².